The molecule has 0 bridgehead atoms. The summed E-state index contributed by atoms with van der Waals surface area (Å²) in [6, 6.07) is 9.80. The Kier molecular flexibility index (Phi) is 3.81. The number of methoxy groups -OCH3 is 3. The van der Waals surface area contributed by atoms with Gasteiger partial charge in [0, 0.05) is 18.2 Å². The molecule has 0 saturated carbocycles. The predicted octanol–water partition coefficient (Wildman–Crippen LogP) is 4.24. The summed E-state index contributed by atoms with van der Waals surface area (Å²) in [7, 11) is 7.07. The molecule has 0 N–H and O–H groups in total. The molecule has 142 valence electrons. The molecule has 0 aliphatic carbocycles. The molecule has 2 heterocycles. The number of ether oxygens (including phenoxy) is 4. The highest BCUT2D eigenvalue weighted by Gasteiger charge is 2.60. The van der Waals surface area contributed by atoms with Crippen LogP contribution in [0.4, 0.5) is 5.69 Å². The first kappa shape index (κ1) is 17.6. The van der Waals surface area contributed by atoms with E-state index >= 15 is 0 Å². The number of hydrogen-bond acceptors (Lipinski definition) is 5. The summed E-state index contributed by atoms with van der Waals surface area (Å²) < 4.78 is 23.6. The van der Waals surface area contributed by atoms with E-state index < -0.39 is 11.1 Å². The van der Waals surface area contributed by atoms with Gasteiger partial charge in [0.15, 0.2) is 11.5 Å². The Bertz CT molecular complexity index is 934. The second kappa shape index (κ2) is 5.84. The van der Waals surface area contributed by atoms with E-state index in [1.165, 1.54) is 0 Å². The number of hydrogen-bond donors (Lipinski definition) is 0. The maximum Gasteiger partial charge on any atom is 0.212 e. The quantitative estimate of drug-likeness (QED) is 0.811. The number of anilines is 1. The lowest BCUT2D eigenvalue weighted by molar-refractivity contribution is 0.0542. The number of para-hydroxylation sites is 1. The van der Waals surface area contributed by atoms with E-state index in [-0.39, 0.29) is 0 Å². The zero-order valence-corrected chi connectivity index (χ0v) is 16.6. The normalized spacial score (nSPS) is 21.5. The van der Waals surface area contributed by atoms with E-state index in [1.807, 2.05) is 37.4 Å². The minimum atomic E-state index is -0.737. The number of likely N-dealkylation sites (N-methyl/N-ethyl adjacent to an activating group) is 1. The van der Waals surface area contributed by atoms with Crippen LogP contribution in [-0.4, -0.2) is 34.1 Å². The zero-order chi connectivity index (χ0) is 19.4. The molecular weight excluding hydrogens is 342 g/mol. The first-order valence-electron chi connectivity index (χ1n) is 8.96. The van der Waals surface area contributed by atoms with Gasteiger partial charge in [0.1, 0.15) is 11.5 Å². The van der Waals surface area contributed by atoms with E-state index in [0.29, 0.717) is 0 Å². The van der Waals surface area contributed by atoms with Gasteiger partial charge in [-0.25, -0.2) is 0 Å². The fourth-order valence-corrected chi connectivity index (χ4v) is 4.43. The van der Waals surface area contributed by atoms with Crippen molar-refractivity contribution in [2.45, 2.75) is 25.0 Å². The highest BCUT2D eigenvalue weighted by molar-refractivity contribution is 5.79. The summed E-state index contributed by atoms with van der Waals surface area (Å²) >= 11 is 0. The van der Waals surface area contributed by atoms with Crippen LogP contribution in [-0.2, 0) is 5.41 Å². The summed E-state index contributed by atoms with van der Waals surface area (Å²) in [5.41, 5.74) is 1.89. The van der Waals surface area contributed by atoms with Crippen LogP contribution in [0, 0.1) is 0 Å². The molecule has 1 unspecified atom stereocenters. The number of benzene rings is 2. The fraction of sp³-hybridized carbons (Fsp3) is 0.364. The first-order chi connectivity index (χ1) is 12.9. The maximum atomic E-state index is 6.71. The van der Waals surface area contributed by atoms with Crippen molar-refractivity contribution in [3.63, 3.8) is 0 Å². The van der Waals surface area contributed by atoms with Crippen LogP contribution in [0.3, 0.4) is 0 Å². The summed E-state index contributed by atoms with van der Waals surface area (Å²) in [5, 5.41) is 0. The molecule has 1 spiro atoms. The first-order valence-corrected chi connectivity index (χ1v) is 8.96. The average Bonchev–Trinajstić information content (AvgIpc) is 2.86. The third-order valence-electron chi connectivity index (χ3n) is 5.87. The SMILES string of the molecule is COc1cccc2c1OC1(C=C2)N(C)c2c(OC)ccc(OC)c2C1(C)C. The molecule has 0 aromatic heterocycles. The van der Waals surface area contributed by atoms with Crippen LogP contribution < -0.4 is 23.8 Å². The summed E-state index contributed by atoms with van der Waals surface area (Å²) in [6.07, 6.45) is 4.22. The number of nitrogens with zero attached hydrogens (tertiary/aromatic N) is 1. The van der Waals surface area contributed by atoms with Crippen LogP contribution >= 0.6 is 0 Å². The Hall–Kier alpha value is -2.82. The molecule has 0 saturated heterocycles. The van der Waals surface area contributed by atoms with Crippen LogP contribution in [0.5, 0.6) is 23.0 Å². The Morgan fingerprint density at radius 3 is 2.22 bits per heavy atom. The predicted molar refractivity (Wildman–Crippen MR) is 106 cm³/mol. The highest BCUT2D eigenvalue weighted by Crippen LogP contribution is 2.60. The van der Waals surface area contributed by atoms with Gasteiger partial charge in [0.25, 0.3) is 0 Å². The van der Waals surface area contributed by atoms with Gasteiger partial charge in [-0.2, -0.15) is 0 Å². The summed E-state index contributed by atoms with van der Waals surface area (Å²) in [6.45, 7) is 4.34. The van der Waals surface area contributed by atoms with E-state index in [1.54, 1.807) is 21.3 Å². The molecule has 0 radical (unpaired) electrons. The van der Waals surface area contributed by atoms with Crippen molar-refractivity contribution in [1.29, 1.82) is 0 Å². The second-order valence-corrected chi connectivity index (χ2v) is 7.39. The molecule has 2 aliphatic heterocycles. The third kappa shape index (κ3) is 2.11. The van der Waals surface area contributed by atoms with Crippen LogP contribution in [0.25, 0.3) is 6.08 Å². The van der Waals surface area contributed by atoms with E-state index in [2.05, 4.69) is 30.9 Å². The monoisotopic (exact) mass is 367 g/mol. The van der Waals surface area contributed by atoms with Crippen molar-refractivity contribution in [2.75, 3.05) is 33.3 Å². The topological polar surface area (TPSA) is 40.2 Å². The Morgan fingerprint density at radius 1 is 0.889 bits per heavy atom. The third-order valence-corrected chi connectivity index (χ3v) is 5.87. The average molecular weight is 367 g/mol. The van der Waals surface area contributed by atoms with Crippen molar-refractivity contribution in [1.82, 2.24) is 0 Å². The van der Waals surface area contributed by atoms with Crippen molar-refractivity contribution in [3.8, 4) is 23.0 Å². The standard InChI is InChI=1S/C22H25NO4/c1-21(2)18-15(24-4)10-11-16(25-5)19(18)23(3)22(21)13-12-14-8-7-9-17(26-6)20(14)27-22/h7-13H,1-6H3. The van der Waals surface area contributed by atoms with Crippen molar-refractivity contribution in [2.24, 2.45) is 0 Å². The minimum absolute atomic E-state index is 0.411. The second-order valence-electron chi connectivity index (χ2n) is 7.39. The lowest BCUT2D eigenvalue weighted by Gasteiger charge is -2.46. The molecule has 5 heteroatoms. The largest absolute Gasteiger partial charge is 0.496 e. The van der Waals surface area contributed by atoms with Gasteiger partial charge < -0.3 is 23.8 Å². The maximum absolute atomic E-state index is 6.71. The van der Waals surface area contributed by atoms with Gasteiger partial charge in [0.05, 0.1) is 32.4 Å². The van der Waals surface area contributed by atoms with Gasteiger partial charge in [-0.3, -0.25) is 0 Å². The van der Waals surface area contributed by atoms with Gasteiger partial charge in [0.2, 0.25) is 5.72 Å². The van der Waals surface area contributed by atoms with Crippen LogP contribution in [0.2, 0.25) is 0 Å². The van der Waals surface area contributed by atoms with Gasteiger partial charge in [-0.15, -0.1) is 0 Å². The van der Waals surface area contributed by atoms with Gasteiger partial charge in [-0.1, -0.05) is 12.1 Å². The molecular formula is C22H25NO4. The number of rotatable bonds is 3. The lowest BCUT2D eigenvalue weighted by atomic mass is 9.76. The molecule has 27 heavy (non-hydrogen) atoms. The lowest BCUT2D eigenvalue weighted by Crippen LogP contribution is -2.58. The molecule has 2 aromatic carbocycles. The fourth-order valence-electron chi connectivity index (χ4n) is 4.43. The smallest absolute Gasteiger partial charge is 0.212 e. The molecule has 0 amide bonds. The van der Waals surface area contributed by atoms with Crippen molar-refractivity contribution < 1.29 is 18.9 Å². The van der Waals surface area contributed by atoms with Gasteiger partial charge in [-0.05, 0) is 44.2 Å². The molecule has 5 nitrogen and oxygen atoms in total. The van der Waals surface area contributed by atoms with Crippen LogP contribution in [0.1, 0.15) is 25.0 Å². The van der Waals surface area contributed by atoms with Crippen LogP contribution in [0.15, 0.2) is 36.4 Å². The minimum Gasteiger partial charge on any atom is -0.496 e. The molecule has 0 fully saturated rings. The van der Waals surface area contributed by atoms with Gasteiger partial charge >= 0.3 is 0 Å². The Labute approximate surface area is 160 Å². The van der Waals surface area contributed by atoms with E-state index in [4.69, 9.17) is 18.9 Å². The number of fused-ring (bicyclic) bond motifs is 2. The molecule has 1 atom stereocenters. The molecule has 2 aromatic rings. The highest BCUT2D eigenvalue weighted by atomic mass is 16.5. The van der Waals surface area contributed by atoms with E-state index in [9.17, 15) is 0 Å². The zero-order valence-electron chi connectivity index (χ0n) is 16.6. The van der Waals surface area contributed by atoms with Crippen molar-refractivity contribution in [3.05, 3.63) is 47.5 Å². The Morgan fingerprint density at radius 2 is 1.56 bits per heavy atom. The van der Waals surface area contributed by atoms with E-state index in [0.717, 1.165) is 39.8 Å². The summed E-state index contributed by atoms with van der Waals surface area (Å²) in [5.74, 6) is 3.08. The molecule has 4 rings (SSSR count). The summed E-state index contributed by atoms with van der Waals surface area (Å²) in [4.78, 5) is 2.13. The molecule has 2 aliphatic rings. The Balaban J connectivity index is 1.96. The van der Waals surface area contributed by atoms with Crippen molar-refractivity contribution >= 4 is 11.8 Å².